The maximum atomic E-state index is 12.6. The van der Waals surface area contributed by atoms with Crippen molar-refractivity contribution in [2.75, 3.05) is 5.32 Å². The minimum Gasteiger partial charge on any atom is -0.476 e. The third-order valence-electron chi connectivity index (χ3n) is 3.12. The van der Waals surface area contributed by atoms with Gasteiger partial charge in [0.05, 0.1) is 11.8 Å². The fraction of sp³-hybridized carbons (Fsp3) is 0.0667. The molecule has 0 saturated carbocycles. The Morgan fingerprint density at radius 1 is 1.08 bits per heavy atom. The Kier molecular flexibility index (Phi) is 4.09. The quantitative estimate of drug-likeness (QED) is 0.741. The minimum atomic E-state index is -4.41. The number of alkyl halides is 3. The molecule has 2 heterocycles. The van der Waals surface area contributed by atoms with Crippen molar-refractivity contribution in [3.05, 3.63) is 53.9 Å². The van der Waals surface area contributed by atoms with Gasteiger partial charge in [-0.25, -0.2) is 9.78 Å². The largest absolute Gasteiger partial charge is 0.476 e. The van der Waals surface area contributed by atoms with Gasteiger partial charge in [0.1, 0.15) is 0 Å². The molecule has 3 rings (SSSR count). The lowest BCUT2D eigenvalue weighted by Crippen LogP contribution is -2.03. The van der Waals surface area contributed by atoms with Crippen molar-refractivity contribution in [1.29, 1.82) is 0 Å². The lowest BCUT2D eigenvalue weighted by Gasteiger charge is -2.06. The highest BCUT2D eigenvalue weighted by Crippen LogP contribution is 2.31. The Hall–Kier alpha value is -3.43. The minimum absolute atomic E-state index is 0.0345. The second kappa shape index (κ2) is 6.23. The number of oxazole rings is 1. The fourth-order valence-electron chi connectivity index (χ4n) is 1.91. The third-order valence-corrected chi connectivity index (χ3v) is 3.12. The zero-order valence-electron chi connectivity index (χ0n) is 12.3. The Balaban J connectivity index is 1.75. The van der Waals surface area contributed by atoms with Crippen molar-refractivity contribution in [1.82, 2.24) is 15.2 Å². The van der Waals surface area contributed by atoms with Gasteiger partial charge in [-0.1, -0.05) is 12.1 Å². The van der Waals surface area contributed by atoms with Crippen LogP contribution < -0.4 is 5.32 Å². The van der Waals surface area contributed by atoms with E-state index in [4.69, 9.17) is 9.52 Å². The summed E-state index contributed by atoms with van der Waals surface area (Å²) in [5.74, 6) is -0.753. The van der Waals surface area contributed by atoms with Crippen LogP contribution in [0.2, 0.25) is 0 Å². The Morgan fingerprint density at radius 2 is 1.80 bits per heavy atom. The number of hydrogen-bond donors (Lipinski definition) is 2. The zero-order chi connectivity index (χ0) is 18.0. The summed E-state index contributed by atoms with van der Waals surface area (Å²) in [7, 11) is 0. The summed E-state index contributed by atoms with van der Waals surface area (Å²) >= 11 is 0. The van der Waals surface area contributed by atoms with E-state index in [1.165, 1.54) is 30.5 Å². The van der Waals surface area contributed by atoms with Crippen molar-refractivity contribution in [3.8, 4) is 11.3 Å². The molecule has 3 aromatic rings. The van der Waals surface area contributed by atoms with E-state index >= 15 is 0 Å². The summed E-state index contributed by atoms with van der Waals surface area (Å²) < 4.78 is 43.0. The fourth-order valence-corrected chi connectivity index (χ4v) is 1.91. The number of nitrogens with one attached hydrogen (secondary N) is 1. The predicted molar refractivity (Wildman–Crippen MR) is 79.2 cm³/mol. The van der Waals surface area contributed by atoms with Gasteiger partial charge in [-0.05, 0) is 24.3 Å². The molecule has 0 bridgehead atoms. The van der Waals surface area contributed by atoms with Crippen molar-refractivity contribution in [2.24, 2.45) is 0 Å². The first-order valence-electron chi connectivity index (χ1n) is 6.80. The van der Waals surface area contributed by atoms with Crippen LogP contribution in [0.1, 0.15) is 16.1 Å². The molecule has 0 spiro atoms. The number of halogens is 3. The van der Waals surface area contributed by atoms with Crippen molar-refractivity contribution in [2.45, 2.75) is 6.18 Å². The number of aromatic nitrogens is 3. The van der Waals surface area contributed by atoms with E-state index in [0.717, 1.165) is 12.1 Å². The van der Waals surface area contributed by atoms with Gasteiger partial charge < -0.3 is 9.52 Å². The molecule has 10 heteroatoms. The van der Waals surface area contributed by atoms with Crippen LogP contribution >= 0.6 is 0 Å². The summed E-state index contributed by atoms with van der Waals surface area (Å²) in [4.78, 5) is 14.6. The highest BCUT2D eigenvalue weighted by molar-refractivity contribution is 5.85. The molecule has 0 unspecified atom stereocenters. The number of benzene rings is 1. The molecule has 0 radical (unpaired) electrons. The molecular formula is C15H9F3N4O3. The second-order valence-corrected chi connectivity index (χ2v) is 4.84. The van der Waals surface area contributed by atoms with Gasteiger partial charge in [0, 0.05) is 5.56 Å². The highest BCUT2D eigenvalue weighted by atomic mass is 19.4. The molecular weight excluding hydrogens is 341 g/mol. The average molecular weight is 350 g/mol. The SMILES string of the molecule is O=C(O)c1ccc(Nc2ncc(-c3ccc(C(F)(F)F)cc3)o2)nn1. The number of carboxylic acids is 1. The Morgan fingerprint density at radius 3 is 2.36 bits per heavy atom. The first-order valence-corrected chi connectivity index (χ1v) is 6.80. The van der Waals surface area contributed by atoms with Gasteiger partial charge in [-0.3, -0.25) is 5.32 Å². The van der Waals surface area contributed by atoms with Gasteiger partial charge in [0.15, 0.2) is 17.3 Å². The molecule has 0 saturated heterocycles. The molecule has 2 aromatic heterocycles. The van der Waals surface area contributed by atoms with Crippen LogP contribution in [0.15, 0.2) is 47.0 Å². The molecule has 0 aliphatic rings. The molecule has 25 heavy (non-hydrogen) atoms. The summed E-state index contributed by atoms with van der Waals surface area (Å²) in [6.07, 6.45) is -3.07. The maximum absolute atomic E-state index is 12.6. The normalized spacial score (nSPS) is 11.3. The Labute approximate surface area is 138 Å². The van der Waals surface area contributed by atoms with Gasteiger partial charge in [0.2, 0.25) is 0 Å². The smallest absolute Gasteiger partial charge is 0.416 e. The molecule has 0 fully saturated rings. The first kappa shape index (κ1) is 16.4. The number of nitrogens with zero attached hydrogens (tertiary/aromatic N) is 3. The second-order valence-electron chi connectivity index (χ2n) is 4.84. The molecule has 7 nitrogen and oxygen atoms in total. The van der Waals surface area contributed by atoms with Gasteiger partial charge in [0.25, 0.3) is 0 Å². The van der Waals surface area contributed by atoms with Crippen LogP contribution in [0.5, 0.6) is 0 Å². The molecule has 1 aromatic carbocycles. The van der Waals surface area contributed by atoms with Crippen LogP contribution in [0.3, 0.4) is 0 Å². The van der Waals surface area contributed by atoms with E-state index in [-0.39, 0.29) is 23.3 Å². The number of hydrogen-bond acceptors (Lipinski definition) is 6. The molecule has 128 valence electrons. The molecule has 2 N–H and O–H groups in total. The van der Waals surface area contributed by atoms with Crippen molar-refractivity contribution < 1.29 is 27.5 Å². The lowest BCUT2D eigenvalue weighted by atomic mass is 10.1. The number of anilines is 2. The zero-order valence-corrected chi connectivity index (χ0v) is 12.3. The summed E-state index contributed by atoms with van der Waals surface area (Å²) in [5, 5.41) is 18.5. The number of carboxylic acid groups (broad SMARTS) is 1. The van der Waals surface area contributed by atoms with Crippen molar-refractivity contribution >= 4 is 17.8 Å². The molecule has 0 amide bonds. The third kappa shape index (κ3) is 3.74. The van der Waals surface area contributed by atoms with E-state index in [2.05, 4.69) is 20.5 Å². The van der Waals surface area contributed by atoms with Gasteiger partial charge >= 0.3 is 18.2 Å². The maximum Gasteiger partial charge on any atom is 0.416 e. The van der Waals surface area contributed by atoms with E-state index in [1.807, 2.05) is 0 Å². The average Bonchev–Trinajstić information content (AvgIpc) is 3.03. The van der Waals surface area contributed by atoms with Gasteiger partial charge in [-0.2, -0.15) is 13.2 Å². The molecule has 0 aliphatic carbocycles. The summed E-state index contributed by atoms with van der Waals surface area (Å²) in [6.45, 7) is 0. The van der Waals surface area contributed by atoms with Crippen LogP contribution in [0.4, 0.5) is 25.0 Å². The monoisotopic (exact) mass is 350 g/mol. The number of aromatic carboxylic acids is 1. The van der Waals surface area contributed by atoms with Gasteiger partial charge in [-0.15, -0.1) is 10.2 Å². The van der Waals surface area contributed by atoms with Crippen LogP contribution in [0.25, 0.3) is 11.3 Å². The standard InChI is InChI=1S/C15H9F3N4O3/c16-15(17,18)9-3-1-8(2-4-9)11-7-19-14(25-11)20-12-6-5-10(13(23)24)21-22-12/h1-7H,(H,23,24)(H,19,20,22). The summed E-state index contributed by atoms with van der Waals surface area (Å²) in [6, 6.07) is 7.09. The van der Waals surface area contributed by atoms with E-state index < -0.39 is 17.7 Å². The van der Waals surface area contributed by atoms with E-state index in [0.29, 0.717) is 5.56 Å². The van der Waals surface area contributed by atoms with Crippen molar-refractivity contribution in [3.63, 3.8) is 0 Å². The predicted octanol–water partition coefficient (Wildman–Crippen LogP) is 3.59. The first-order chi connectivity index (χ1) is 11.8. The molecule has 0 atom stereocenters. The number of rotatable bonds is 4. The topological polar surface area (TPSA) is 101 Å². The lowest BCUT2D eigenvalue weighted by molar-refractivity contribution is -0.137. The van der Waals surface area contributed by atoms with Crippen LogP contribution in [-0.4, -0.2) is 26.3 Å². The summed E-state index contributed by atoms with van der Waals surface area (Å²) in [5.41, 5.74) is -0.563. The van der Waals surface area contributed by atoms with Crippen LogP contribution in [-0.2, 0) is 6.18 Å². The van der Waals surface area contributed by atoms with E-state index in [1.54, 1.807) is 0 Å². The number of carbonyl (C=O) groups is 1. The highest BCUT2D eigenvalue weighted by Gasteiger charge is 2.30. The van der Waals surface area contributed by atoms with Crippen LogP contribution in [0, 0.1) is 0 Å². The van der Waals surface area contributed by atoms with E-state index in [9.17, 15) is 18.0 Å². The molecule has 0 aliphatic heterocycles. The Bertz CT molecular complexity index is 890.